The number of carbonyl (C=O) groups excluding carboxylic acids is 2. The smallest absolute Gasteiger partial charge is 0.326 e. The molecule has 2 aromatic rings. The second-order valence-corrected chi connectivity index (χ2v) is 8.24. The molecule has 0 spiro atoms. The molecule has 0 bridgehead atoms. The molecule has 0 aliphatic carbocycles. The van der Waals surface area contributed by atoms with Crippen molar-refractivity contribution in [3.05, 3.63) is 65.5 Å². The highest BCUT2D eigenvalue weighted by Gasteiger charge is 2.55. The maximum atomic E-state index is 13.2. The van der Waals surface area contributed by atoms with E-state index in [1.54, 1.807) is 12.4 Å². The van der Waals surface area contributed by atoms with Gasteiger partial charge in [0.1, 0.15) is 5.54 Å². The van der Waals surface area contributed by atoms with Crippen LogP contribution in [0.3, 0.4) is 0 Å². The van der Waals surface area contributed by atoms with E-state index in [-0.39, 0.29) is 23.8 Å². The molecule has 1 saturated heterocycles. The van der Waals surface area contributed by atoms with Crippen molar-refractivity contribution in [3.63, 3.8) is 0 Å². The van der Waals surface area contributed by atoms with E-state index in [0.717, 1.165) is 24.0 Å². The number of amides is 1. The molecule has 30 heavy (non-hydrogen) atoms. The summed E-state index contributed by atoms with van der Waals surface area (Å²) in [5.41, 5.74) is 2.54. The lowest BCUT2D eigenvalue weighted by Gasteiger charge is -2.33. The van der Waals surface area contributed by atoms with Crippen LogP contribution in [0.2, 0.25) is 0 Å². The first-order valence-corrected chi connectivity index (χ1v) is 10.4. The number of aromatic nitrogens is 1. The van der Waals surface area contributed by atoms with Crippen molar-refractivity contribution in [2.45, 2.75) is 44.7 Å². The average Bonchev–Trinajstić information content (AvgIpc) is 3.03. The number of nitrogens with one attached hydrogen (secondary N) is 1. The normalized spacial score (nSPS) is 23.9. The zero-order valence-corrected chi connectivity index (χ0v) is 18.2. The molecule has 0 unspecified atom stereocenters. The number of nitrogens with zero attached hydrogens (tertiary/aromatic N) is 2. The van der Waals surface area contributed by atoms with Gasteiger partial charge in [-0.05, 0) is 69.0 Å². The van der Waals surface area contributed by atoms with E-state index in [0.29, 0.717) is 13.0 Å². The van der Waals surface area contributed by atoms with Crippen molar-refractivity contribution < 1.29 is 14.3 Å². The Bertz CT molecular complexity index is 886. The molecule has 160 valence electrons. The summed E-state index contributed by atoms with van der Waals surface area (Å²) in [7, 11) is 3.31. The van der Waals surface area contributed by atoms with E-state index in [2.05, 4.69) is 10.3 Å². The zero-order valence-electron chi connectivity index (χ0n) is 18.2. The fourth-order valence-electron chi connectivity index (χ4n) is 4.47. The molecule has 1 fully saturated rings. The van der Waals surface area contributed by atoms with Gasteiger partial charge in [0.25, 0.3) is 0 Å². The molecule has 1 aromatic heterocycles. The number of esters is 1. The number of likely N-dealkylation sites (N-methyl/N-ethyl adjacent to an activating group) is 1. The number of rotatable bonds is 7. The molecule has 1 aromatic carbocycles. The number of likely N-dealkylation sites (tertiary alicyclic amines) is 1. The molecule has 1 N–H and O–H groups in total. The van der Waals surface area contributed by atoms with Crippen molar-refractivity contribution in [3.8, 4) is 0 Å². The van der Waals surface area contributed by atoms with Crippen molar-refractivity contribution in [2.75, 3.05) is 20.7 Å². The largest absolute Gasteiger partial charge is 0.468 e. The van der Waals surface area contributed by atoms with Crippen LogP contribution in [0.4, 0.5) is 0 Å². The zero-order chi connectivity index (χ0) is 21.7. The van der Waals surface area contributed by atoms with Crippen LogP contribution >= 0.6 is 0 Å². The standard InChI is InChI=1S/C24H31N3O3/c1-17-8-5-6-10-19(17)21-20(16-24(2,27(21)3)23(29)30-4)22(28)26-13-7-9-18-11-14-25-15-12-18/h5-6,8,10-12,14-15,20-21H,7,9,13,16H2,1-4H3,(H,26,28)/t20-,21-,24-/m0/s1. The average molecular weight is 410 g/mol. The summed E-state index contributed by atoms with van der Waals surface area (Å²) in [6, 6.07) is 11.8. The topological polar surface area (TPSA) is 71.5 Å². The van der Waals surface area contributed by atoms with E-state index in [1.165, 1.54) is 12.7 Å². The maximum absolute atomic E-state index is 13.2. The van der Waals surface area contributed by atoms with Gasteiger partial charge in [0.05, 0.1) is 13.0 Å². The fraction of sp³-hybridized carbons (Fsp3) is 0.458. The van der Waals surface area contributed by atoms with Crippen LogP contribution in [0.25, 0.3) is 0 Å². The molecule has 0 radical (unpaired) electrons. The van der Waals surface area contributed by atoms with E-state index in [1.807, 2.05) is 62.2 Å². The number of methoxy groups -OCH3 is 1. The third-order valence-corrected chi connectivity index (χ3v) is 6.35. The molecular formula is C24H31N3O3. The SMILES string of the molecule is COC(=O)[C@]1(C)C[C@H](C(=O)NCCCc2ccncc2)[C@H](c2ccccc2C)N1C. The monoisotopic (exact) mass is 409 g/mol. The number of benzene rings is 1. The van der Waals surface area contributed by atoms with Gasteiger partial charge in [0, 0.05) is 25.0 Å². The van der Waals surface area contributed by atoms with Gasteiger partial charge < -0.3 is 10.1 Å². The third-order valence-electron chi connectivity index (χ3n) is 6.35. The Labute approximate surface area is 178 Å². The fourth-order valence-corrected chi connectivity index (χ4v) is 4.47. The number of aryl methyl sites for hydroxylation is 2. The van der Waals surface area contributed by atoms with E-state index in [4.69, 9.17) is 4.74 Å². The second-order valence-electron chi connectivity index (χ2n) is 8.24. The van der Waals surface area contributed by atoms with Gasteiger partial charge in [0.2, 0.25) is 5.91 Å². The predicted octanol–water partition coefficient (Wildman–Crippen LogP) is 3.06. The lowest BCUT2D eigenvalue weighted by Crippen LogP contribution is -2.47. The number of carbonyl (C=O) groups is 2. The van der Waals surface area contributed by atoms with Crippen molar-refractivity contribution in [1.29, 1.82) is 0 Å². The van der Waals surface area contributed by atoms with Gasteiger partial charge in [-0.15, -0.1) is 0 Å². The number of hydrogen-bond donors (Lipinski definition) is 1. The van der Waals surface area contributed by atoms with Crippen LogP contribution in [0, 0.1) is 12.8 Å². The minimum Gasteiger partial charge on any atom is -0.468 e. The summed E-state index contributed by atoms with van der Waals surface area (Å²) in [5.74, 6) is -0.657. The minimum absolute atomic E-state index is 0.0162. The van der Waals surface area contributed by atoms with Crippen LogP contribution < -0.4 is 5.32 Å². The van der Waals surface area contributed by atoms with Gasteiger partial charge in [-0.2, -0.15) is 0 Å². The molecule has 3 rings (SSSR count). The highest BCUT2D eigenvalue weighted by atomic mass is 16.5. The summed E-state index contributed by atoms with van der Waals surface area (Å²) in [4.78, 5) is 31.8. The van der Waals surface area contributed by atoms with Crippen molar-refractivity contribution in [2.24, 2.45) is 5.92 Å². The van der Waals surface area contributed by atoms with E-state index >= 15 is 0 Å². The second kappa shape index (κ2) is 9.39. The van der Waals surface area contributed by atoms with Crippen LogP contribution in [-0.2, 0) is 20.7 Å². The minimum atomic E-state index is -0.846. The van der Waals surface area contributed by atoms with Crippen molar-refractivity contribution >= 4 is 11.9 Å². The van der Waals surface area contributed by atoms with Gasteiger partial charge in [-0.25, -0.2) is 0 Å². The Morgan fingerprint density at radius 2 is 1.93 bits per heavy atom. The lowest BCUT2D eigenvalue weighted by molar-refractivity contribution is -0.152. The Balaban J connectivity index is 1.75. The summed E-state index contributed by atoms with van der Waals surface area (Å²) >= 11 is 0. The molecule has 1 amide bonds. The first-order chi connectivity index (χ1) is 14.4. The predicted molar refractivity (Wildman–Crippen MR) is 116 cm³/mol. The van der Waals surface area contributed by atoms with Crippen LogP contribution in [-0.4, -0.2) is 48.0 Å². The molecular weight excluding hydrogens is 378 g/mol. The number of pyridine rings is 1. The number of ether oxygens (including phenoxy) is 1. The van der Waals surface area contributed by atoms with Crippen LogP contribution in [0.5, 0.6) is 0 Å². The summed E-state index contributed by atoms with van der Waals surface area (Å²) in [6.07, 6.45) is 5.72. The third kappa shape index (κ3) is 4.38. The molecule has 0 saturated carbocycles. The Hall–Kier alpha value is -2.73. The van der Waals surface area contributed by atoms with Gasteiger partial charge in [-0.3, -0.25) is 19.5 Å². The lowest BCUT2D eigenvalue weighted by atomic mass is 9.88. The maximum Gasteiger partial charge on any atom is 0.326 e. The Kier molecular flexibility index (Phi) is 6.87. The first-order valence-electron chi connectivity index (χ1n) is 10.4. The number of hydrogen-bond acceptors (Lipinski definition) is 5. The van der Waals surface area contributed by atoms with Gasteiger partial charge in [-0.1, -0.05) is 24.3 Å². The quantitative estimate of drug-likeness (QED) is 0.562. The van der Waals surface area contributed by atoms with E-state index < -0.39 is 5.54 Å². The summed E-state index contributed by atoms with van der Waals surface area (Å²) in [6.45, 7) is 4.50. The van der Waals surface area contributed by atoms with Crippen LogP contribution in [0.15, 0.2) is 48.8 Å². The van der Waals surface area contributed by atoms with Crippen LogP contribution in [0.1, 0.15) is 42.5 Å². The first kappa shape index (κ1) is 22.0. The Morgan fingerprint density at radius 1 is 1.23 bits per heavy atom. The molecule has 6 heteroatoms. The molecule has 6 nitrogen and oxygen atoms in total. The molecule has 2 heterocycles. The summed E-state index contributed by atoms with van der Waals surface area (Å²) < 4.78 is 5.08. The van der Waals surface area contributed by atoms with Gasteiger partial charge in [0.15, 0.2) is 0 Å². The summed E-state index contributed by atoms with van der Waals surface area (Å²) in [5, 5.41) is 3.10. The molecule has 1 aliphatic rings. The molecule has 3 atom stereocenters. The highest BCUT2D eigenvalue weighted by molar-refractivity contribution is 5.86. The Morgan fingerprint density at radius 3 is 2.60 bits per heavy atom. The van der Waals surface area contributed by atoms with Crippen molar-refractivity contribution in [1.82, 2.24) is 15.2 Å². The highest BCUT2D eigenvalue weighted by Crippen LogP contribution is 2.47. The molecule has 1 aliphatic heterocycles. The van der Waals surface area contributed by atoms with E-state index in [9.17, 15) is 9.59 Å². The van der Waals surface area contributed by atoms with Gasteiger partial charge >= 0.3 is 5.97 Å².